The fourth-order valence-corrected chi connectivity index (χ4v) is 3.78. The van der Waals surface area contributed by atoms with Crippen molar-refractivity contribution in [3.63, 3.8) is 0 Å². The quantitative estimate of drug-likeness (QED) is 0.354. The van der Waals surface area contributed by atoms with Crippen molar-refractivity contribution in [1.29, 1.82) is 0 Å². The van der Waals surface area contributed by atoms with E-state index in [1.807, 2.05) is 25.9 Å². The maximum atomic E-state index is 13.0. The van der Waals surface area contributed by atoms with Gasteiger partial charge in [-0.1, -0.05) is 31.2 Å². The number of ether oxygens (including phenoxy) is 1. The number of hydrogen-bond acceptors (Lipinski definition) is 6. The number of ketones is 1. The Morgan fingerprint density at radius 2 is 1.84 bits per heavy atom. The lowest BCUT2D eigenvalue weighted by Gasteiger charge is -2.26. The van der Waals surface area contributed by atoms with E-state index in [2.05, 4.69) is 0 Å². The van der Waals surface area contributed by atoms with Gasteiger partial charge in [0.05, 0.1) is 18.2 Å². The van der Waals surface area contributed by atoms with Crippen molar-refractivity contribution >= 4 is 17.4 Å². The Hall–Kier alpha value is -3.32. The van der Waals surface area contributed by atoms with Crippen LogP contribution in [0.15, 0.2) is 54.1 Å². The van der Waals surface area contributed by atoms with Crippen molar-refractivity contribution in [1.82, 2.24) is 9.80 Å². The van der Waals surface area contributed by atoms with Gasteiger partial charge in [0.25, 0.3) is 11.7 Å². The third-order valence-electron chi connectivity index (χ3n) is 5.33. The van der Waals surface area contributed by atoms with Gasteiger partial charge in [0, 0.05) is 12.1 Å². The van der Waals surface area contributed by atoms with Gasteiger partial charge in [0.2, 0.25) is 0 Å². The fraction of sp³-hybridized carbons (Fsp3) is 0.360. The Morgan fingerprint density at radius 1 is 1.12 bits per heavy atom. The first-order valence-corrected chi connectivity index (χ1v) is 10.8. The van der Waals surface area contributed by atoms with Crippen molar-refractivity contribution in [3.8, 4) is 11.5 Å². The first-order chi connectivity index (χ1) is 15.3. The van der Waals surface area contributed by atoms with Crippen LogP contribution in [0.5, 0.6) is 11.5 Å². The summed E-state index contributed by atoms with van der Waals surface area (Å²) in [6.45, 7) is 3.65. The molecule has 3 rings (SSSR count). The topological polar surface area (TPSA) is 90.3 Å². The van der Waals surface area contributed by atoms with Crippen LogP contribution in [0.25, 0.3) is 5.76 Å². The highest BCUT2D eigenvalue weighted by molar-refractivity contribution is 6.46. The number of phenolic OH excluding ortho intramolecular Hbond substituents is 1. The molecule has 1 aliphatic heterocycles. The minimum Gasteiger partial charge on any atom is -0.508 e. The van der Waals surface area contributed by atoms with E-state index >= 15 is 0 Å². The van der Waals surface area contributed by atoms with Crippen LogP contribution in [0.2, 0.25) is 0 Å². The summed E-state index contributed by atoms with van der Waals surface area (Å²) in [6.07, 6.45) is 1.52. The second kappa shape index (κ2) is 10.3. The molecule has 1 aliphatic rings. The van der Waals surface area contributed by atoms with Gasteiger partial charge in [-0.25, -0.2) is 0 Å². The number of phenols is 1. The number of rotatable bonds is 9. The normalized spacial score (nSPS) is 17.9. The summed E-state index contributed by atoms with van der Waals surface area (Å²) in [5.74, 6) is -0.929. The molecular formula is C25H30N2O5. The molecule has 7 nitrogen and oxygen atoms in total. The Balaban J connectivity index is 2.05. The zero-order valence-electron chi connectivity index (χ0n) is 18.7. The molecule has 1 saturated heterocycles. The molecule has 0 bridgehead atoms. The SMILES string of the molecule is CCCOc1cccc(/C(O)=C2\C(=O)C(=O)N(CCCN(C)C)C2c2ccc(O)cc2)c1. The van der Waals surface area contributed by atoms with Crippen LogP contribution in [-0.4, -0.2) is 65.5 Å². The molecule has 32 heavy (non-hydrogen) atoms. The minimum atomic E-state index is -0.738. The number of aromatic hydroxyl groups is 1. The third kappa shape index (κ3) is 5.11. The summed E-state index contributed by atoms with van der Waals surface area (Å²) in [5, 5.41) is 20.8. The number of benzene rings is 2. The molecule has 0 saturated carbocycles. The molecule has 1 heterocycles. The van der Waals surface area contributed by atoms with Gasteiger partial charge >= 0.3 is 0 Å². The predicted octanol–water partition coefficient (Wildman–Crippen LogP) is 3.55. The Bertz CT molecular complexity index is 998. The van der Waals surface area contributed by atoms with Crippen LogP contribution >= 0.6 is 0 Å². The zero-order valence-corrected chi connectivity index (χ0v) is 18.7. The average molecular weight is 439 g/mol. The number of hydrogen-bond donors (Lipinski definition) is 2. The molecule has 2 aromatic carbocycles. The van der Waals surface area contributed by atoms with Crippen LogP contribution in [0.3, 0.4) is 0 Å². The van der Waals surface area contributed by atoms with Crippen LogP contribution in [0.1, 0.15) is 36.9 Å². The number of carbonyl (C=O) groups is 2. The van der Waals surface area contributed by atoms with Crippen molar-refractivity contribution in [2.24, 2.45) is 0 Å². The summed E-state index contributed by atoms with van der Waals surface area (Å²) in [7, 11) is 3.89. The molecular weight excluding hydrogens is 408 g/mol. The molecule has 0 spiro atoms. The maximum absolute atomic E-state index is 13.0. The predicted molar refractivity (Wildman–Crippen MR) is 123 cm³/mol. The molecule has 0 radical (unpaired) electrons. The second-order valence-electron chi connectivity index (χ2n) is 8.12. The minimum absolute atomic E-state index is 0.0400. The van der Waals surface area contributed by atoms with E-state index < -0.39 is 17.7 Å². The number of aliphatic hydroxyl groups is 1. The highest BCUT2D eigenvalue weighted by atomic mass is 16.5. The highest BCUT2D eigenvalue weighted by Gasteiger charge is 2.45. The molecule has 2 N–H and O–H groups in total. The number of carbonyl (C=O) groups excluding carboxylic acids is 2. The van der Waals surface area contributed by atoms with Gasteiger partial charge in [-0.2, -0.15) is 0 Å². The summed E-state index contributed by atoms with van der Waals surface area (Å²) in [4.78, 5) is 29.5. The molecule has 0 aromatic heterocycles. The summed E-state index contributed by atoms with van der Waals surface area (Å²) >= 11 is 0. The molecule has 1 atom stereocenters. The molecule has 170 valence electrons. The number of nitrogens with zero attached hydrogens (tertiary/aromatic N) is 2. The molecule has 1 fully saturated rings. The first kappa shape index (κ1) is 23.3. The van der Waals surface area contributed by atoms with Crippen molar-refractivity contribution in [3.05, 3.63) is 65.2 Å². The van der Waals surface area contributed by atoms with Crippen molar-refractivity contribution < 1.29 is 24.5 Å². The summed E-state index contributed by atoms with van der Waals surface area (Å²) in [6, 6.07) is 12.5. The molecule has 1 amide bonds. The van der Waals surface area contributed by atoms with E-state index in [0.29, 0.717) is 36.4 Å². The standard InChI is InChI=1S/C25H30N2O5/c1-4-15-32-20-8-5-7-18(16-20)23(29)21-22(17-9-11-19(28)12-10-17)27(25(31)24(21)30)14-6-13-26(2)3/h5,7-12,16,22,28-29H,4,6,13-15H2,1-3H3/b23-21+. The molecule has 0 aliphatic carbocycles. The molecule has 2 aromatic rings. The summed E-state index contributed by atoms with van der Waals surface area (Å²) < 4.78 is 5.65. The zero-order chi connectivity index (χ0) is 23.3. The number of amides is 1. The number of likely N-dealkylation sites (tertiary alicyclic amines) is 1. The Kier molecular flexibility index (Phi) is 7.53. The second-order valence-corrected chi connectivity index (χ2v) is 8.12. The van der Waals surface area contributed by atoms with Crippen molar-refractivity contribution in [2.75, 3.05) is 33.8 Å². The average Bonchev–Trinajstić information content (AvgIpc) is 3.02. The van der Waals surface area contributed by atoms with E-state index in [1.165, 1.54) is 17.0 Å². The summed E-state index contributed by atoms with van der Waals surface area (Å²) in [5.41, 5.74) is 1.10. The van der Waals surface area contributed by atoms with E-state index in [9.17, 15) is 19.8 Å². The van der Waals surface area contributed by atoms with Gasteiger partial charge in [-0.05, 0) is 63.3 Å². The van der Waals surface area contributed by atoms with Crippen LogP contribution < -0.4 is 4.74 Å². The third-order valence-corrected chi connectivity index (χ3v) is 5.33. The van der Waals surface area contributed by atoms with Crippen LogP contribution in [0.4, 0.5) is 0 Å². The van der Waals surface area contributed by atoms with E-state index in [4.69, 9.17) is 4.74 Å². The molecule has 1 unspecified atom stereocenters. The van der Waals surface area contributed by atoms with E-state index in [0.717, 1.165) is 13.0 Å². The van der Waals surface area contributed by atoms with Crippen LogP contribution in [0, 0.1) is 0 Å². The van der Waals surface area contributed by atoms with Crippen molar-refractivity contribution in [2.45, 2.75) is 25.8 Å². The monoisotopic (exact) mass is 438 g/mol. The van der Waals surface area contributed by atoms with Gasteiger partial charge in [-0.3, -0.25) is 9.59 Å². The van der Waals surface area contributed by atoms with Gasteiger partial charge < -0.3 is 24.7 Å². The highest BCUT2D eigenvalue weighted by Crippen LogP contribution is 2.40. The number of Topliss-reactive ketones (excluding diaryl/α,β-unsaturated/α-hetero) is 1. The fourth-order valence-electron chi connectivity index (χ4n) is 3.78. The van der Waals surface area contributed by atoms with Gasteiger partial charge in [-0.15, -0.1) is 0 Å². The van der Waals surface area contributed by atoms with E-state index in [-0.39, 0.29) is 17.1 Å². The Morgan fingerprint density at radius 3 is 2.50 bits per heavy atom. The lowest BCUT2D eigenvalue weighted by Crippen LogP contribution is -2.32. The molecule has 7 heteroatoms. The largest absolute Gasteiger partial charge is 0.508 e. The smallest absolute Gasteiger partial charge is 0.295 e. The maximum Gasteiger partial charge on any atom is 0.295 e. The van der Waals surface area contributed by atoms with Gasteiger partial charge in [0.1, 0.15) is 17.3 Å². The Labute approximate surface area is 188 Å². The van der Waals surface area contributed by atoms with Gasteiger partial charge in [0.15, 0.2) is 0 Å². The lowest BCUT2D eigenvalue weighted by molar-refractivity contribution is -0.139. The van der Waals surface area contributed by atoms with E-state index in [1.54, 1.807) is 36.4 Å². The van der Waals surface area contributed by atoms with Crippen LogP contribution in [-0.2, 0) is 9.59 Å². The first-order valence-electron chi connectivity index (χ1n) is 10.8. The number of aliphatic hydroxyl groups excluding tert-OH is 1. The lowest BCUT2D eigenvalue weighted by atomic mass is 9.95.